The van der Waals surface area contributed by atoms with Gasteiger partial charge < -0.3 is 9.32 Å². The molecule has 0 aliphatic heterocycles. The largest absolute Gasteiger partial charge is 0.455 e. The number of hydrogen-bond acceptors (Lipinski definition) is 3. The summed E-state index contributed by atoms with van der Waals surface area (Å²) in [5.74, 6) is 0. The normalized spacial score (nSPS) is 11.2. The number of rotatable bonds is 3. The van der Waals surface area contributed by atoms with Gasteiger partial charge in [0, 0.05) is 28.5 Å². The summed E-state index contributed by atoms with van der Waals surface area (Å²) in [6.45, 7) is 0. The summed E-state index contributed by atoms with van der Waals surface area (Å²) in [5, 5.41) is 3.25. The Morgan fingerprint density at radius 3 is 2.00 bits per heavy atom. The van der Waals surface area contributed by atoms with Gasteiger partial charge in [0.05, 0.1) is 4.70 Å². The zero-order chi connectivity index (χ0) is 16.6. The van der Waals surface area contributed by atoms with Crippen LogP contribution < -0.4 is 4.90 Å². The Bertz CT molecular complexity index is 1100. The maximum atomic E-state index is 6.04. The van der Waals surface area contributed by atoms with Crippen molar-refractivity contribution >= 4 is 49.7 Å². The quantitative estimate of drug-likeness (QED) is 0.347. The van der Waals surface area contributed by atoms with Crippen LogP contribution in [0.4, 0.5) is 17.1 Å². The van der Waals surface area contributed by atoms with Crippen LogP contribution >= 0.6 is 11.3 Å². The second kappa shape index (κ2) is 5.80. The molecule has 0 atom stereocenters. The molecule has 0 unspecified atom stereocenters. The molecule has 0 saturated carbocycles. The van der Waals surface area contributed by atoms with Crippen molar-refractivity contribution in [3.8, 4) is 0 Å². The van der Waals surface area contributed by atoms with E-state index in [0.717, 1.165) is 28.2 Å². The number of fused-ring (bicyclic) bond motifs is 3. The fraction of sp³-hybridized carbons (Fsp3) is 0. The summed E-state index contributed by atoms with van der Waals surface area (Å²) in [4.78, 5) is 2.25. The first kappa shape index (κ1) is 14.3. The molecule has 0 saturated heterocycles. The molecule has 0 bridgehead atoms. The number of para-hydroxylation sites is 2. The Kier molecular flexibility index (Phi) is 3.32. The van der Waals surface area contributed by atoms with Crippen LogP contribution in [0.5, 0.6) is 0 Å². The molecule has 5 rings (SSSR count). The van der Waals surface area contributed by atoms with Gasteiger partial charge in [0.25, 0.3) is 0 Å². The fourth-order valence-corrected chi connectivity index (χ4v) is 4.07. The molecular formula is C22H15NOS. The van der Waals surface area contributed by atoms with Crippen LogP contribution in [0.25, 0.3) is 21.3 Å². The lowest BCUT2D eigenvalue weighted by Gasteiger charge is -2.25. The van der Waals surface area contributed by atoms with Crippen molar-refractivity contribution in [1.82, 2.24) is 0 Å². The number of hydrogen-bond donors (Lipinski definition) is 0. The highest BCUT2D eigenvalue weighted by Crippen LogP contribution is 2.39. The predicted molar refractivity (Wildman–Crippen MR) is 106 cm³/mol. The average Bonchev–Trinajstić information content (AvgIpc) is 3.24. The van der Waals surface area contributed by atoms with Crippen molar-refractivity contribution in [2.24, 2.45) is 0 Å². The number of benzene rings is 3. The van der Waals surface area contributed by atoms with Crippen LogP contribution in [0.3, 0.4) is 0 Å². The van der Waals surface area contributed by atoms with Crippen LogP contribution in [0.15, 0.2) is 94.7 Å². The fourth-order valence-electron chi connectivity index (χ4n) is 3.22. The van der Waals surface area contributed by atoms with Gasteiger partial charge in [-0.2, -0.15) is 0 Å². The maximum absolute atomic E-state index is 6.04. The molecule has 5 aromatic rings. The maximum Gasteiger partial charge on any atom is 0.146 e. The summed E-state index contributed by atoms with van der Waals surface area (Å²) >= 11 is 1.72. The van der Waals surface area contributed by atoms with Crippen molar-refractivity contribution in [3.63, 3.8) is 0 Å². The molecular weight excluding hydrogens is 326 g/mol. The third-order valence-electron chi connectivity index (χ3n) is 4.35. The third-order valence-corrected chi connectivity index (χ3v) is 5.27. The predicted octanol–water partition coefficient (Wildman–Crippen LogP) is 7.12. The minimum absolute atomic E-state index is 0.927. The Balaban J connectivity index is 1.72. The highest BCUT2D eigenvalue weighted by molar-refractivity contribution is 7.18. The minimum atomic E-state index is 0.927. The summed E-state index contributed by atoms with van der Waals surface area (Å²) in [7, 11) is 0. The van der Waals surface area contributed by atoms with Crippen LogP contribution in [0, 0.1) is 0 Å². The molecule has 25 heavy (non-hydrogen) atoms. The van der Waals surface area contributed by atoms with Crippen LogP contribution in [-0.4, -0.2) is 0 Å². The second-order valence-corrected chi connectivity index (χ2v) is 6.82. The Morgan fingerprint density at radius 1 is 0.640 bits per heavy atom. The molecule has 0 aliphatic rings. The van der Waals surface area contributed by atoms with Crippen molar-refractivity contribution in [3.05, 3.63) is 90.3 Å². The highest BCUT2D eigenvalue weighted by Gasteiger charge is 2.15. The zero-order valence-corrected chi connectivity index (χ0v) is 14.2. The third kappa shape index (κ3) is 2.41. The molecule has 2 aromatic heterocycles. The van der Waals surface area contributed by atoms with Crippen molar-refractivity contribution in [1.29, 1.82) is 0 Å². The Morgan fingerprint density at radius 2 is 1.32 bits per heavy atom. The van der Waals surface area contributed by atoms with Crippen molar-refractivity contribution in [2.45, 2.75) is 0 Å². The van der Waals surface area contributed by atoms with E-state index in [1.807, 2.05) is 18.2 Å². The lowest BCUT2D eigenvalue weighted by Crippen LogP contribution is -2.09. The van der Waals surface area contributed by atoms with Gasteiger partial charge in [-0.25, -0.2) is 0 Å². The molecule has 0 fully saturated rings. The van der Waals surface area contributed by atoms with E-state index in [2.05, 4.69) is 77.0 Å². The Hall–Kier alpha value is -3.04. The van der Waals surface area contributed by atoms with E-state index in [4.69, 9.17) is 4.42 Å². The molecule has 0 amide bonds. The van der Waals surface area contributed by atoms with Crippen LogP contribution in [0.1, 0.15) is 0 Å². The van der Waals surface area contributed by atoms with Gasteiger partial charge in [0.2, 0.25) is 0 Å². The summed E-state index contributed by atoms with van der Waals surface area (Å²) in [5.41, 5.74) is 5.23. The first-order chi connectivity index (χ1) is 12.4. The van der Waals surface area contributed by atoms with E-state index in [-0.39, 0.29) is 0 Å². The lowest BCUT2D eigenvalue weighted by molar-refractivity contribution is 0.670. The number of furan rings is 1. The number of nitrogens with zero attached hydrogens (tertiary/aromatic N) is 1. The van der Waals surface area contributed by atoms with E-state index in [9.17, 15) is 0 Å². The van der Waals surface area contributed by atoms with E-state index in [1.165, 1.54) is 10.1 Å². The SMILES string of the molecule is c1ccc(N(c2ccccc2)c2ccc3c(c2)oc2ccsc23)cc1. The topological polar surface area (TPSA) is 16.4 Å². The minimum Gasteiger partial charge on any atom is -0.455 e. The molecule has 120 valence electrons. The van der Waals surface area contributed by atoms with E-state index in [0.29, 0.717) is 0 Å². The monoisotopic (exact) mass is 341 g/mol. The molecule has 2 nitrogen and oxygen atoms in total. The molecule has 0 spiro atoms. The van der Waals surface area contributed by atoms with Gasteiger partial charge in [-0.15, -0.1) is 11.3 Å². The number of thiophene rings is 1. The molecule has 3 heteroatoms. The van der Waals surface area contributed by atoms with Crippen molar-refractivity contribution < 1.29 is 4.42 Å². The van der Waals surface area contributed by atoms with E-state index < -0.39 is 0 Å². The molecule has 0 aliphatic carbocycles. The van der Waals surface area contributed by atoms with Gasteiger partial charge in [0.1, 0.15) is 11.2 Å². The number of anilines is 3. The molecule has 3 aromatic carbocycles. The van der Waals surface area contributed by atoms with Crippen LogP contribution in [0.2, 0.25) is 0 Å². The summed E-state index contributed by atoms with van der Waals surface area (Å²) < 4.78 is 7.25. The van der Waals surface area contributed by atoms with Gasteiger partial charge in [-0.1, -0.05) is 36.4 Å². The molecule has 0 radical (unpaired) electrons. The Labute approximate surface area is 149 Å². The van der Waals surface area contributed by atoms with E-state index in [1.54, 1.807) is 11.3 Å². The van der Waals surface area contributed by atoms with Crippen LogP contribution in [-0.2, 0) is 0 Å². The second-order valence-electron chi connectivity index (χ2n) is 5.90. The lowest BCUT2D eigenvalue weighted by atomic mass is 10.1. The van der Waals surface area contributed by atoms with E-state index >= 15 is 0 Å². The van der Waals surface area contributed by atoms with Gasteiger partial charge in [-0.3, -0.25) is 0 Å². The van der Waals surface area contributed by atoms with Crippen molar-refractivity contribution in [2.75, 3.05) is 4.90 Å². The van der Waals surface area contributed by atoms with Gasteiger partial charge in [0.15, 0.2) is 0 Å². The smallest absolute Gasteiger partial charge is 0.146 e. The summed E-state index contributed by atoms with van der Waals surface area (Å²) in [6, 6.07) is 29.3. The first-order valence-corrected chi connectivity index (χ1v) is 9.08. The summed E-state index contributed by atoms with van der Waals surface area (Å²) in [6.07, 6.45) is 0. The molecule has 0 N–H and O–H groups in total. The first-order valence-electron chi connectivity index (χ1n) is 8.20. The van der Waals surface area contributed by atoms with Gasteiger partial charge in [-0.05, 0) is 47.8 Å². The molecule has 2 heterocycles. The van der Waals surface area contributed by atoms with Gasteiger partial charge >= 0.3 is 0 Å². The average molecular weight is 341 g/mol. The standard InChI is InChI=1S/C22H15NOS/c1-3-7-16(8-4-1)23(17-9-5-2-6-10-17)18-11-12-19-21(15-18)24-20-13-14-25-22(19)20/h1-15H. The zero-order valence-electron chi connectivity index (χ0n) is 13.4. The highest BCUT2D eigenvalue weighted by atomic mass is 32.1.